The molecule has 374 valence electrons. The first-order valence-electron chi connectivity index (χ1n) is 27.5. The first-order chi connectivity index (χ1) is 30.3. The fraction of sp³-hybridized carbons (Fsp3) is 1.00. The van der Waals surface area contributed by atoms with Gasteiger partial charge in [-0.3, -0.25) is 19.6 Å². The summed E-state index contributed by atoms with van der Waals surface area (Å²) in [7, 11) is 0. The van der Waals surface area contributed by atoms with Gasteiger partial charge in [-0.2, -0.15) is 0 Å². The molecule has 9 heteroatoms. The minimum Gasteiger partial charge on any atom is -0.379 e. The number of nitrogens with zero attached hydrogens (tertiary/aromatic N) is 4. The Morgan fingerprint density at radius 3 is 1.52 bits per heavy atom. The van der Waals surface area contributed by atoms with Crippen LogP contribution in [0.15, 0.2) is 0 Å². The molecule has 9 aliphatic rings. The number of ether oxygens (including phenoxy) is 4. The van der Waals surface area contributed by atoms with Gasteiger partial charge in [0.2, 0.25) is 0 Å². The van der Waals surface area contributed by atoms with Crippen LogP contribution in [0.4, 0.5) is 0 Å². The molecule has 0 aromatic heterocycles. The van der Waals surface area contributed by atoms with Crippen molar-refractivity contribution in [1.29, 1.82) is 0 Å². The monoisotopic (exact) mass is 917 g/mol. The van der Waals surface area contributed by atoms with Crippen LogP contribution in [-0.4, -0.2) is 131 Å². The Balaban J connectivity index is 0.000000142. The molecule has 5 saturated heterocycles. The average molecular weight is 918 g/mol. The second-order valence-corrected chi connectivity index (χ2v) is 25.8. The van der Waals surface area contributed by atoms with E-state index in [4.69, 9.17) is 18.9 Å². The molecule has 0 aromatic carbocycles. The Labute approximate surface area is 400 Å². The van der Waals surface area contributed by atoms with Crippen molar-refractivity contribution in [2.24, 2.45) is 59.2 Å². The molecular weight excluding hydrogens is 813 g/mol. The van der Waals surface area contributed by atoms with E-state index in [1.165, 1.54) is 89.5 Å². The molecule has 0 bridgehead atoms. The van der Waals surface area contributed by atoms with E-state index in [-0.39, 0.29) is 22.0 Å². The highest BCUT2D eigenvalue weighted by molar-refractivity contribution is 8.00. The lowest BCUT2D eigenvalue weighted by atomic mass is 9.74. The van der Waals surface area contributed by atoms with E-state index in [1.807, 2.05) is 0 Å². The predicted octanol–water partition coefficient (Wildman–Crippen LogP) is 12.1. The van der Waals surface area contributed by atoms with Gasteiger partial charge in [0, 0.05) is 86.4 Å². The summed E-state index contributed by atoms with van der Waals surface area (Å²) in [5.74, 6) is 9.09. The molecule has 0 amide bonds. The molecule has 0 unspecified atom stereocenters. The Morgan fingerprint density at radius 1 is 0.453 bits per heavy atom. The fourth-order valence-electron chi connectivity index (χ4n) is 15.4. The standard InChI is InChI=1S/C15H27NO.C14H27NO.C13H25NOS.C13H25NO/c1-10(2)13-8-12-9-14(12)15(13)16(11(3)4)6-5-7-17-15;1-11(2)13-7-5-6-8-14(13)15(12(3)4)9-10-16-14;1-10(2)12-5-7-15-9-13(12)14(11(3)4)6-8-16-13;1-10(2)12-6-5-7-13(12)14(11(3)4)8-9-15-13/h10-14H,5-9H2,1-4H3;11-13H,5-10H2,1-4H3;10-12H,5-9H2,1-4H3;10-12H,5-9H2,1-4H3/t12-,13+,14+,15+;13-,14+;2*12-,13+/m1000/s1. The second-order valence-electron chi connectivity index (χ2n) is 24.4. The Hall–Kier alpha value is 0.0300. The number of rotatable bonds is 8. The maximum absolute atomic E-state index is 6.45. The van der Waals surface area contributed by atoms with Crippen molar-refractivity contribution in [3.05, 3.63) is 0 Å². The van der Waals surface area contributed by atoms with Crippen LogP contribution in [0.1, 0.15) is 181 Å². The van der Waals surface area contributed by atoms with Crippen LogP contribution >= 0.6 is 11.8 Å². The fourth-order valence-corrected chi connectivity index (χ4v) is 17.3. The summed E-state index contributed by atoms with van der Waals surface area (Å²) in [4.78, 5) is 10.9. The zero-order chi connectivity index (χ0) is 46.8. The Kier molecular flexibility index (Phi) is 18.7. The highest BCUT2D eigenvalue weighted by Crippen LogP contribution is 2.65. The van der Waals surface area contributed by atoms with Gasteiger partial charge in [0.25, 0.3) is 0 Å². The van der Waals surface area contributed by atoms with Crippen LogP contribution in [0.25, 0.3) is 0 Å². The molecule has 10 atom stereocenters. The lowest BCUT2D eigenvalue weighted by molar-refractivity contribution is -0.236. The first kappa shape index (κ1) is 53.4. The van der Waals surface area contributed by atoms with Crippen molar-refractivity contribution in [2.45, 2.75) is 228 Å². The molecule has 4 aliphatic carbocycles. The van der Waals surface area contributed by atoms with Crippen LogP contribution in [0.3, 0.4) is 0 Å². The van der Waals surface area contributed by atoms with Gasteiger partial charge in [-0.25, -0.2) is 0 Å². The van der Waals surface area contributed by atoms with Crippen LogP contribution in [0.2, 0.25) is 0 Å². The number of thioether (sulfide) groups is 1. The molecule has 0 radical (unpaired) electrons. The molecule has 64 heavy (non-hydrogen) atoms. The zero-order valence-corrected chi connectivity index (χ0v) is 45.6. The summed E-state index contributed by atoms with van der Waals surface area (Å²) in [6, 6.07) is 2.49. The van der Waals surface area contributed by atoms with Gasteiger partial charge in [-0.15, -0.1) is 11.8 Å². The molecule has 5 heterocycles. The summed E-state index contributed by atoms with van der Waals surface area (Å²) in [5.41, 5.74) is 0.300. The molecule has 9 fully saturated rings. The van der Waals surface area contributed by atoms with Crippen molar-refractivity contribution in [1.82, 2.24) is 19.6 Å². The van der Waals surface area contributed by atoms with E-state index < -0.39 is 0 Å². The molecule has 0 aromatic rings. The predicted molar refractivity (Wildman–Crippen MR) is 271 cm³/mol. The Morgan fingerprint density at radius 2 is 0.984 bits per heavy atom. The molecular formula is C55H104N4O4S. The quantitative estimate of drug-likeness (QED) is 0.237. The maximum atomic E-state index is 6.45. The minimum atomic E-state index is 0.0839. The third-order valence-corrected chi connectivity index (χ3v) is 19.6. The SMILES string of the molecule is CC(C)[C@@H]1CCCC[C@@]12OCCN2C(C)C.CC(C)[C@@H]1CCC[C@@]12OCCN2C(C)C.CC(C)[C@@H]1CCOC[C@@]12SCCN2C(C)C.CC(C)[C@@H]1C[C@@H]2C[C@@H]2[C@@]12OCCCN2C(C)C. The van der Waals surface area contributed by atoms with Crippen LogP contribution in [0.5, 0.6) is 0 Å². The van der Waals surface area contributed by atoms with E-state index in [2.05, 4.69) is 142 Å². The third-order valence-electron chi connectivity index (χ3n) is 18.1. The highest BCUT2D eigenvalue weighted by Gasteiger charge is 2.68. The lowest BCUT2D eigenvalue weighted by Gasteiger charge is -2.52. The van der Waals surface area contributed by atoms with Crippen molar-refractivity contribution in [3.8, 4) is 0 Å². The van der Waals surface area contributed by atoms with E-state index in [0.717, 1.165) is 105 Å². The van der Waals surface area contributed by atoms with Crippen molar-refractivity contribution >= 4 is 11.8 Å². The number of hydrogen-bond acceptors (Lipinski definition) is 9. The van der Waals surface area contributed by atoms with Gasteiger partial charge in [-0.05, 0) is 155 Å². The summed E-state index contributed by atoms with van der Waals surface area (Å²) in [5, 5.41) is 0. The normalized spacial score (nSPS) is 39.4. The van der Waals surface area contributed by atoms with Gasteiger partial charge < -0.3 is 18.9 Å². The average Bonchev–Trinajstić information content (AvgIpc) is 3.74. The third kappa shape index (κ3) is 10.5. The van der Waals surface area contributed by atoms with E-state index in [0.29, 0.717) is 24.2 Å². The van der Waals surface area contributed by atoms with Gasteiger partial charge in [-0.1, -0.05) is 61.8 Å². The minimum absolute atomic E-state index is 0.0839. The van der Waals surface area contributed by atoms with Crippen LogP contribution in [0, 0.1) is 59.2 Å². The number of hydrogen-bond donors (Lipinski definition) is 0. The zero-order valence-electron chi connectivity index (χ0n) is 44.8. The largest absolute Gasteiger partial charge is 0.379 e. The van der Waals surface area contributed by atoms with Crippen LogP contribution in [-0.2, 0) is 18.9 Å². The summed E-state index contributed by atoms with van der Waals surface area (Å²) in [6.07, 6.45) is 14.5. The van der Waals surface area contributed by atoms with Crippen molar-refractivity contribution < 1.29 is 18.9 Å². The van der Waals surface area contributed by atoms with E-state index in [9.17, 15) is 0 Å². The van der Waals surface area contributed by atoms with E-state index >= 15 is 0 Å². The van der Waals surface area contributed by atoms with Crippen molar-refractivity contribution in [2.75, 3.05) is 65.0 Å². The molecule has 9 rings (SSSR count). The number of fused-ring (bicyclic) bond motifs is 2. The summed E-state index contributed by atoms with van der Waals surface area (Å²) in [6.45, 7) is 46.9. The molecule has 4 spiro atoms. The van der Waals surface area contributed by atoms with Gasteiger partial charge >= 0.3 is 0 Å². The maximum Gasteiger partial charge on any atom is 0.128 e. The topological polar surface area (TPSA) is 49.9 Å². The molecule has 4 saturated carbocycles. The lowest BCUT2D eigenvalue weighted by Crippen LogP contribution is -2.62. The van der Waals surface area contributed by atoms with E-state index in [1.54, 1.807) is 0 Å². The van der Waals surface area contributed by atoms with Crippen LogP contribution < -0.4 is 0 Å². The molecule has 8 nitrogen and oxygen atoms in total. The first-order valence-corrected chi connectivity index (χ1v) is 28.5. The summed E-state index contributed by atoms with van der Waals surface area (Å²) >= 11 is 2.14. The molecule has 0 N–H and O–H groups in total. The smallest absolute Gasteiger partial charge is 0.128 e. The second kappa shape index (κ2) is 22.4. The van der Waals surface area contributed by atoms with Gasteiger partial charge in [0.15, 0.2) is 0 Å². The molecule has 5 aliphatic heterocycles. The Bertz CT molecular complexity index is 1350. The highest BCUT2D eigenvalue weighted by atomic mass is 32.2. The van der Waals surface area contributed by atoms with Gasteiger partial charge in [0.05, 0.1) is 31.3 Å². The van der Waals surface area contributed by atoms with Crippen molar-refractivity contribution in [3.63, 3.8) is 0 Å². The summed E-state index contributed by atoms with van der Waals surface area (Å²) < 4.78 is 24.7. The van der Waals surface area contributed by atoms with Gasteiger partial charge in [0.1, 0.15) is 17.2 Å².